The number of hydrogen-bond acceptors (Lipinski definition) is 3. The van der Waals surface area contributed by atoms with E-state index in [1.807, 2.05) is 12.2 Å². The molecule has 1 aliphatic heterocycles. The zero-order valence-corrected chi connectivity index (χ0v) is 22.7. The molecular formula is C28H39INO2-. The molecule has 0 aromatic carbocycles. The SMILES string of the molecule is C=C1[I-]C2C(C)(C)C(=O)C(N)=C[C@]2(C)C2=CC(=O)[C@@H]3[C@@H]4CC(C)(C)CCC4CC[C@@]3(C)C12. The van der Waals surface area contributed by atoms with Gasteiger partial charge in [-0.2, -0.15) is 0 Å². The molecule has 4 aliphatic carbocycles. The van der Waals surface area contributed by atoms with Crippen molar-refractivity contribution in [3.05, 3.63) is 33.6 Å². The second-order valence-electron chi connectivity index (χ2n) is 13.1. The van der Waals surface area contributed by atoms with Gasteiger partial charge >= 0.3 is 205 Å². The molecule has 0 radical (unpaired) electrons. The number of alkyl halides is 1. The molecule has 176 valence electrons. The summed E-state index contributed by atoms with van der Waals surface area (Å²) in [5.74, 6) is 1.93. The average Bonchev–Trinajstić information content (AvgIpc) is 2.67. The van der Waals surface area contributed by atoms with Gasteiger partial charge in [0.1, 0.15) is 0 Å². The van der Waals surface area contributed by atoms with Gasteiger partial charge in [0.05, 0.1) is 0 Å². The molecule has 5 rings (SSSR count). The second kappa shape index (κ2) is 6.82. The summed E-state index contributed by atoms with van der Waals surface area (Å²) in [6, 6.07) is 0. The van der Waals surface area contributed by atoms with Crippen LogP contribution in [0.1, 0.15) is 73.6 Å². The number of carbonyl (C=O) groups excluding carboxylic acids is 2. The fraction of sp³-hybridized carbons (Fsp3) is 0.714. The van der Waals surface area contributed by atoms with Crippen LogP contribution in [0.25, 0.3) is 0 Å². The minimum atomic E-state index is -0.512. The molecule has 3 nitrogen and oxygen atoms in total. The number of halogens is 1. The van der Waals surface area contributed by atoms with E-state index in [2.05, 4.69) is 48.1 Å². The van der Waals surface area contributed by atoms with E-state index in [0.29, 0.717) is 28.7 Å². The minimum absolute atomic E-state index is 0.0581. The molecule has 1 saturated heterocycles. The topological polar surface area (TPSA) is 60.2 Å². The van der Waals surface area contributed by atoms with Gasteiger partial charge in [-0.15, -0.1) is 0 Å². The Kier molecular flexibility index (Phi) is 4.87. The summed E-state index contributed by atoms with van der Waals surface area (Å²) in [6.45, 7) is 18.2. The first kappa shape index (κ1) is 22.9. The van der Waals surface area contributed by atoms with Gasteiger partial charge in [0.25, 0.3) is 0 Å². The quantitative estimate of drug-likeness (QED) is 0.374. The number of hydrogen-bond donors (Lipinski definition) is 1. The number of carbonyl (C=O) groups is 2. The van der Waals surface area contributed by atoms with Gasteiger partial charge in [0.2, 0.25) is 0 Å². The molecule has 0 spiro atoms. The van der Waals surface area contributed by atoms with Crippen LogP contribution in [-0.4, -0.2) is 15.5 Å². The third-order valence-corrected chi connectivity index (χ3v) is 14.9. The van der Waals surface area contributed by atoms with Crippen LogP contribution in [0.2, 0.25) is 0 Å². The molecule has 2 N–H and O–H groups in total. The molecule has 2 saturated carbocycles. The van der Waals surface area contributed by atoms with Gasteiger partial charge in [-0.3, -0.25) is 0 Å². The normalized spacial score (nSPS) is 47.1. The van der Waals surface area contributed by atoms with Crippen LogP contribution in [0.3, 0.4) is 0 Å². The predicted molar refractivity (Wildman–Crippen MR) is 124 cm³/mol. The number of nitrogens with two attached hydrogens (primary N) is 1. The molecule has 5 aliphatic rings. The van der Waals surface area contributed by atoms with Crippen LogP contribution in [0, 0.1) is 45.3 Å². The van der Waals surface area contributed by atoms with Crippen molar-refractivity contribution in [2.24, 2.45) is 51.1 Å². The first-order valence-corrected chi connectivity index (χ1v) is 14.7. The maximum atomic E-state index is 14.0. The number of fused-ring (bicyclic) bond motifs is 7. The first-order valence-electron chi connectivity index (χ1n) is 12.3. The number of rotatable bonds is 0. The van der Waals surface area contributed by atoms with Gasteiger partial charge in [-0.1, -0.05) is 0 Å². The third kappa shape index (κ3) is 2.89. The van der Waals surface area contributed by atoms with E-state index >= 15 is 0 Å². The van der Waals surface area contributed by atoms with Crippen molar-refractivity contribution in [1.82, 2.24) is 0 Å². The molecule has 0 aromatic heterocycles. The van der Waals surface area contributed by atoms with Crippen molar-refractivity contribution in [3.63, 3.8) is 0 Å². The molecule has 0 bridgehead atoms. The van der Waals surface area contributed by atoms with E-state index in [9.17, 15) is 9.59 Å². The summed E-state index contributed by atoms with van der Waals surface area (Å²) in [4.78, 5) is 27.0. The molecule has 3 fully saturated rings. The summed E-state index contributed by atoms with van der Waals surface area (Å²) < 4.78 is 1.53. The summed E-state index contributed by atoms with van der Waals surface area (Å²) in [6.07, 6.45) is 10.1. The Balaban J connectivity index is 1.66. The number of Topliss-reactive ketones (excluding diaryl/α,β-unsaturated/α-hetero) is 1. The summed E-state index contributed by atoms with van der Waals surface area (Å²) in [5.41, 5.74) is 7.32. The Bertz CT molecular complexity index is 987. The van der Waals surface area contributed by atoms with Gasteiger partial charge < -0.3 is 0 Å². The third-order valence-electron chi connectivity index (χ3n) is 10.0. The average molecular weight is 549 g/mol. The van der Waals surface area contributed by atoms with Crippen molar-refractivity contribution in [3.8, 4) is 0 Å². The van der Waals surface area contributed by atoms with Crippen LogP contribution in [-0.2, 0) is 9.59 Å². The fourth-order valence-corrected chi connectivity index (χ4v) is 13.0. The molecule has 1 heterocycles. The predicted octanol–water partition coefficient (Wildman–Crippen LogP) is 2.41. The van der Waals surface area contributed by atoms with Crippen molar-refractivity contribution in [2.45, 2.75) is 77.6 Å². The van der Waals surface area contributed by atoms with Crippen molar-refractivity contribution >= 4 is 11.6 Å². The van der Waals surface area contributed by atoms with Gasteiger partial charge in [-0.05, 0) is 0 Å². The Morgan fingerprint density at radius 2 is 1.72 bits per heavy atom. The van der Waals surface area contributed by atoms with Crippen LogP contribution in [0.5, 0.6) is 0 Å². The van der Waals surface area contributed by atoms with Gasteiger partial charge in [0.15, 0.2) is 0 Å². The van der Waals surface area contributed by atoms with E-state index in [1.54, 1.807) is 0 Å². The number of allylic oxidation sites excluding steroid dienone is 5. The zero-order chi connectivity index (χ0) is 23.4. The molecule has 0 amide bonds. The van der Waals surface area contributed by atoms with Crippen LogP contribution >= 0.6 is 0 Å². The van der Waals surface area contributed by atoms with E-state index in [0.717, 1.165) is 12.8 Å². The van der Waals surface area contributed by atoms with Gasteiger partial charge in [-0.25, -0.2) is 0 Å². The monoisotopic (exact) mass is 548 g/mol. The summed E-state index contributed by atoms with van der Waals surface area (Å²) in [5, 5.41) is 0. The Labute approximate surface area is 204 Å². The molecular weight excluding hydrogens is 509 g/mol. The van der Waals surface area contributed by atoms with Crippen molar-refractivity contribution < 1.29 is 30.8 Å². The molecule has 32 heavy (non-hydrogen) atoms. The van der Waals surface area contributed by atoms with E-state index in [4.69, 9.17) is 5.73 Å². The van der Waals surface area contributed by atoms with Crippen molar-refractivity contribution in [1.29, 1.82) is 0 Å². The molecule has 7 atom stereocenters. The summed E-state index contributed by atoms with van der Waals surface area (Å²) in [7, 11) is 0. The second-order valence-corrected chi connectivity index (χ2v) is 16.4. The van der Waals surface area contributed by atoms with Crippen LogP contribution in [0.15, 0.2) is 33.6 Å². The first-order chi connectivity index (χ1) is 14.7. The number of ketones is 2. The Morgan fingerprint density at radius 1 is 1.06 bits per heavy atom. The van der Waals surface area contributed by atoms with E-state index < -0.39 is 26.6 Å². The van der Waals surface area contributed by atoms with Crippen LogP contribution in [0.4, 0.5) is 0 Å². The van der Waals surface area contributed by atoms with E-state index in [-0.39, 0.29) is 32.4 Å². The molecule has 4 heteroatoms. The zero-order valence-electron chi connectivity index (χ0n) is 20.6. The molecule has 3 unspecified atom stereocenters. The van der Waals surface area contributed by atoms with E-state index in [1.165, 1.54) is 28.4 Å². The van der Waals surface area contributed by atoms with Crippen LogP contribution < -0.4 is 26.9 Å². The van der Waals surface area contributed by atoms with Gasteiger partial charge in [0, 0.05) is 0 Å². The fourth-order valence-electron chi connectivity index (χ4n) is 8.50. The maximum absolute atomic E-state index is 14.0. The Morgan fingerprint density at radius 3 is 2.41 bits per heavy atom. The summed E-state index contributed by atoms with van der Waals surface area (Å²) >= 11 is -0.429. The standard InChI is InChI=1S/C28H39INO2/c1-15-21-18(28(7)14-19(30)23(32)26(4,5)24(28)29-15)12-20(31)22-17-13-25(2,3)10-8-16(17)9-11-27(21,22)6/h12,14,16-17,21-22,24H,1,8-11,13,30H2,2-7H3/q-1/t16?,17-,21?,22+,24?,27+,28-/m1/s1. The Hall–Kier alpha value is -0.910. The van der Waals surface area contributed by atoms with Crippen molar-refractivity contribution in [2.75, 3.05) is 0 Å². The molecule has 0 aromatic rings.